The number of anilines is 3. The third-order valence-electron chi connectivity index (χ3n) is 9.74. The highest BCUT2D eigenvalue weighted by Gasteiger charge is 2.21. The first-order valence-electron chi connectivity index (χ1n) is 16.7. The van der Waals surface area contributed by atoms with Crippen molar-refractivity contribution in [2.75, 3.05) is 4.90 Å². The molecule has 230 valence electrons. The minimum Gasteiger partial charge on any atom is -0.310 e. The van der Waals surface area contributed by atoms with Crippen LogP contribution in [0.2, 0.25) is 0 Å². The van der Waals surface area contributed by atoms with Crippen molar-refractivity contribution in [3.8, 4) is 16.8 Å². The number of fused-ring (bicyclic) bond motifs is 7. The lowest BCUT2D eigenvalue weighted by Gasteiger charge is -2.27. The van der Waals surface area contributed by atoms with Crippen molar-refractivity contribution in [1.29, 1.82) is 0 Å². The summed E-state index contributed by atoms with van der Waals surface area (Å²) in [5.74, 6) is 0. The summed E-state index contributed by atoms with van der Waals surface area (Å²) in [6.45, 7) is 0. The van der Waals surface area contributed by atoms with Crippen LogP contribution in [-0.4, -0.2) is 4.57 Å². The second-order valence-electron chi connectivity index (χ2n) is 12.6. The van der Waals surface area contributed by atoms with Crippen LogP contribution in [0.1, 0.15) is 0 Å². The largest absolute Gasteiger partial charge is 0.310 e. The molecule has 3 heteroatoms. The molecule has 2 nitrogen and oxygen atoms in total. The van der Waals surface area contributed by atoms with Crippen molar-refractivity contribution < 1.29 is 0 Å². The lowest BCUT2D eigenvalue weighted by atomic mass is 9.98. The molecule has 0 amide bonds. The smallest absolute Gasteiger partial charge is 0.0541 e. The van der Waals surface area contributed by atoms with E-state index in [0.717, 1.165) is 17.1 Å². The number of hydrogen-bond acceptors (Lipinski definition) is 2. The predicted molar refractivity (Wildman–Crippen MR) is 211 cm³/mol. The molecule has 0 atom stereocenters. The summed E-state index contributed by atoms with van der Waals surface area (Å²) in [5.41, 5.74) is 9.49. The highest BCUT2D eigenvalue weighted by atomic mass is 32.1. The van der Waals surface area contributed by atoms with Crippen molar-refractivity contribution in [3.05, 3.63) is 182 Å². The van der Waals surface area contributed by atoms with Crippen LogP contribution in [0.15, 0.2) is 182 Å². The predicted octanol–water partition coefficient (Wildman–Crippen LogP) is 13.4. The Bertz CT molecular complexity index is 2820. The molecule has 0 radical (unpaired) electrons. The van der Waals surface area contributed by atoms with E-state index < -0.39 is 0 Å². The van der Waals surface area contributed by atoms with E-state index in [2.05, 4.69) is 191 Å². The summed E-state index contributed by atoms with van der Waals surface area (Å²) in [6, 6.07) is 66.2. The molecule has 0 N–H and O–H groups in total. The highest BCUT2D eigenvalue weighted by molar-refractivity contribution is 7.26. The molecule has 0 unspecified atom stereocenters. The summed E-state index contributed by atoms with van der Waals surface area (Å²) in [4.78, 5) is 2.43. The monoisotopic (exact) mass is 642 g/mol. The average molecular weight is 643 g/mol. The van der Waals surface area contributed by atoms with Gasteiger partial charge in [0.2, 0.25) is 0 Å². The number of hydrogen-bond donors (Lipinski definition) is 0. The highest BCUT2D eigenvalue weighted by Crippen LogP contribution is 2.47. The first-order valence-corrected chi connectivity index (χ1v) is 17.5. The van der Waals surface area contributed by atoms with E-state index in [9.17, 15) is 0 Å². The normalized spacial score (nSPS) is 11.7. The standard InChI is InChI=1S/C46H30N2S/c1-3-16-33(17-4-1)47(42-24-13-15-31-14-7-8-20-36(31)42)35-29-39(46-41(30-35)38-22-10-12-25-45(38)49-46)32-26-27-44-40(28-32)37-21-9-11-23-43(37)48(44)34-18-5-2-6-19-34/h1-30H. The number of benzene rings is 8. The number of thiophene rings is 1. The topological polar surface area (TPSA) is 8.17 Å². The minimum atomic E-state index is 1.13. The van der Waals surface area contributed by atoms with Crippen LogP contribution in [0, 0.1) is 0 Å². The van der Waals surface area contributed by atoms with E-state index in [1.807, 2.05) is 11.3 Å². The molecule has 49 heavy (non-hydrogen) atoms. The Kier molecular flexibility index (Phi) is 6.39. The number of para-hydroxylation sites is 3. The molecule has 2 heterocycles. The van der Waals surface area contributed by atoms with E-state index in [0.29, 0.717) is 0 Å². The molecule has 0 saturated carbocycles. The first kappa shape index (κ1) is 27.9. The summed E-state index contributed by atoms with van der Waals surface area (Å²) in [5, 5.41) is 7.53. The lowest BCUT2D eigenvalue weighted by molar-refractivity contribution is 1.18. The Hall–Kier alpha value is -6.16. The molecule has 0 aliphatic carbocycles. The number of rotatable bonds is 5. The van der Waals surface area contributed by atoms with Crippen molar-refractivity contribution in [3.63, 3.8) is 0 Å². The van der Waals surface area contributed by atoms with Gasteiger partial charge in [0.25, 0.3) is 0 Å². The van der Waals surface area contributed by atoms with Crippen LogP contribution >= 0.6 is 11.3 Å². The average Bonchev–Trinajstić information content (AvgIpc) is 3.71. The van der Waals surface area contributed by atoms with Gasteiger partial charge in [-0.1, -0.05) is 115 Å². The van der Waals surface area contributed by atoms with Gasteiger partial charge in [0.15, 0.2) is 0 Å². The fourth-order valence-corrected chi connectivity index (χ4v) is 8.78. The summed E-state index contributed by atoms with van der Waals surface area (Å²) < 4.78 is 4.99. The van der Waals surface area contributed by atoms with Gasteiger partial charge in [-0.2, -0.15) is 0 Å². The van der Waals surface area contributed by atoms with Crippen molar-refractivity contribution in [2.45, 2.75) is 0 Å². The third-order valence-corrected chi connectivity index (χ3v) is 11.0. The summed E-state index contributed by atoms with van der Waals surface area (Å²) in [7, 11) is 0. The Morgan fingerprint density at radius 3 is 1.96 bits per heavy atom. The first-order chi connectivity index (χ1) is 24.3. The molecule has 10 aromatic rings. The van der Waals surface area contributed by atoms with Gasteiger partial charge < -0.3 is 9.47 Å². The molecular weight excluding hydrogens is 613 g/mol. The fraction of sp³-hybridized carbons (Fsp3) is 0. The van der Waals surface area contributed by atoms with Crippen LogP contribution in [0.3, 0.4) is 0 Å². The van der Waals surface area contributed by atoms with Gasteiger partial charge in [-0.15, -0.1) is 11.3 Å². The summed E-state index contributed by atoms with van der Waals surface area (Å²) in [6.07, 6.45) is 0. The van der Waals surface area contributed by atoms with Gasteiger partial charge in [-0.25, -0.2) is 0 Å². The van der Waals surface area contributed by atoms with Crippen LogP contribution < -0.4 is 4.90 Å². The minimum absolute atomic E-state index is 1.13. The zero-order valence-corrected chi connectivity index (χ0v) is 27.4. The van der Waals surface area contributed by atoms with Gasteiger partial charge >= 0.3 is 0 Å². The second kappa shape index (κ2) is 11.2. The lowest BCUT2D eigenvalue weighted by Crippen LogP contribution is -2.10. The Labute approximate surface area is 288 Å². The Morgan fingerprint density at radius 2 is 1.10 bits per heavy atom. The van der Waals surface area contributed by atoms with E-state index >= 15 is 0 Å². The Balaban J connectivity index is 1.28. The third kappa shape index (κ3) is 4.47. The van der Waals surface area contributed by atoms with E-state index in [-0.39, 0.29) is 0 Å². The van der Waals surface area contributed by atoms with Gasteiger partial charge in [-0.3, -0.25) is 0 Å². The van der Waals surface area contributed by atoms with Crippen LogP contribution in [0.25, 0.3) is 69.6 Å². The molecule has 10 rings (SSSR count). The summed E-state index contributed by atoms with van der Waals surface area (Å²) >= 11 is 1.89. The molecule has 0 bridgehead atoms. The van der Waals surface area contributed by atoms with E-state index in [4.69, 9.17) is 0 Å². The molecule has 0 fully saturated rings. The molecule has 8 aromatic carbocycles. The number of nitrogens with zero attached hydrogens (tertiary/aromatic N) is 2. The van der Waals surface area contributed by atoms with Crippen molar-refractivity contribution >= 4 is 81.1 Å². The maximum Gasteiger partial charge on any atom is 0.0541 e. The number of aromatic nitrogens is 1. The SMILES string of the molecule is c1ccc(N(c2cc(-c3ccc4c(c3)c3ccccc3n4-c3ccccc3)c3sc4ccccc4c3c2)c2cccc3ccccc23)cc1. The van der Waals surface area contributed by atoms with Crippen LogP contribution in [0.4, 0.5) is 17.1 Å². The zero-order valence-electron chi connectivity index (χ0n) is 26.6. The van der Waals surface area contributed by atoms with Gasteiger partial charge in [0.05, 0.1) is 16.7 Å². The van der Waals surface area contributed by atoms with Gasteiger partial charge in [0, 0.05) is 59.0 Å². The molecule has 0 aliphatic rings. The van der Waals surface area contributed by atoms with Gasteiger partial charge in [-0.05, 0) is 77.7 Å². The van der Waals surface area contributed by atoms with E-state index in [1.54, 1.807) is 0 Å². The van der Waals surface area contributed by atoms with E-state index in [1.165, 1.54) is 69.6 Å². The van der Waals surface area contributed by atoms with Crippen LogP contribution in [-0.2, 0) is 0 Å². The molecular formula is C46H30N2S. The molecule has 0 spiro atoms. The van der Waals surface area contributed by atoms with Crippen molar-refractivity contribution in [1.82, 2.24) is 4.57 Å². The van der Waals surface area contributed by atoms with Crippen LogP contribution in [0.5, 0.6) is 0 Å². The maximum atomic E-state index is 2.43. The Morgan fingerprint density at radius 1 is 0.429 bits per heavy atom. The quantitative estimate of drug-likeness (QED) is 0.181. The maximum absolute atomic E-state index is 2.43. The molecule has 2 aromatic heterocycles. The second-order valence-corrected chi connectivity index (χ2v) is 13.6. The fourth-order valence-electron chi connectivity index (χ4n) is 7.56. The molecule has 0 aliphatic heterocycles. The molecule has 0 saturated heterocycles. The van der Waals surface area contributed by atoms with Crippen molar-refractivity contribution in [2.24, 2.45) is 0 Å². The zero-order chi connectivity index (χ0) is 32.3. The van der Waals surface area contributed by atoms with Gasteiger partial charge in [0.1, 0.15) is 0 Å².